The number of hydrogen-bond acceptors (Lipinski definition) is 4. The molecule has 1 aromatic carbocycles. The lowest BCUT2D eigenvalue weighted by atomic mass is 10.1. The van der Waals surface area contributed by atoms with Crippen molar-refractivity contribution >= 4 is 21.8 Å². The van der Waals surface area contributed by atoms with Gasteiger partial charge in [-0.3, -0.25) is 10.5 Å². The highest BCUT2D eigenvalue weighted by Gasteiger charge is 2.18. The number of alkyl halides is 1. The van der Waals surface area contributed by atoms with E-state index in [4.69, 9.17) is 15.9 Å². The molecule has 0 unspecified atom stereocenters. The maximum absolute atomic E-state index is 11.2. The third kappa shape index (κ3) is 5.14. The maximum Gasteiger partial charge on any atom is 0.248 e. The van der Waals surface area contributed by atoms with Crippen LogP contribution in [0.5, 0.6) is 0 Å². The van der Waals surface area contributed by atoms with Gasteiger partial charge in [-0.05, 0) is 12.0 Å². The molecule has 0 heterocycles. The van der Waals surface area contributed by atoms with E-state index in [0.717, 1.165) is 5.56 Å². The zero-order valence-corrected chi connectivity index (χ0v) is 11.5. The molecule has 100 valence electrons. The van der Waals surface area contributed by atoms with Crippen LogP contribution in [-0.2, 0) is 17.1 Å². The van der Waals surface area contributed by atoms with Crippen molar-refractivity contribution in [1.29, 1.82) is 0 Å². The quantitative estimate of drug-likeness (QED) is 0.445. The molecule has 5 nitrogen and oxygen atoms in total. The zero-order valence-electron chi connectivity index (χ0n) is 9.90. The number of nitrogens with one attached hydrogen (secondary N) is 1. The fraction of sp³-hybridized carbons (Fsp3) is 0.417. The Bertz CT molecular complexity index is 387. The molecule has 1 aromatic rings. The minimum Gasteiger partial charge on any atom is -0.356 e. The maximum atomic E-state index is 11.2. The minimum atomic E-state index is -2.30. The molecule has 0 aliphatic carbocycles. The molecule has 0 saturated carbocycles. The molecule has 0 saturated heterocycles. The highest BCUT2D eigenvalue weighted by atomic mass is 79.9. The van der Waals surface area contributed by atoms with Crippen LogP contribution in [0.3, 0.4) is 0 Å². The Labute approximate surface area is 114 Å². The molecule has 0 aliphatic rings. The molecule has 0 radical (unpaired) electrons. The molecule has 5 N–H and O–H groups in total. The van der Waals surface area contributed by atoms with Crippen molar-refractivity contribution in [3.8, 4) is 0 Å². The van der Waals surface area contributed by atoms with E-state index in [1.165, 1.54) is 0 Å². The summed E-state index contributed by atoms with van der Waals surface area (Å²) in [6.07, 6.45) is 1.15. The van der Waals surface area contributed by atoms with Crippen LogP contribution in [0.1, 0.15) is 17.5 Å². The lowest BCUT2D eigenvalue weighted by Crippen LogP contribution is -2.35. The van der Waals surface area contributed by atoms with Gasteiger partial charge in [0.2, 0.25) is 11.8 Å². The molecule has 0 atom stereocenters. The Hall–Kier alpha value is -0.950. The van der Waals surface area contributed by atoms with Crippen LogP contribution in [0, 0.1) is 0 Å². The van der Waals surface area contributed by atoms with Gasteiger partial charge in [0.25, 0.3) is 0 Å². The summed E-state index contributed by atoms with van der Waals surface area (Å²) in [5.74, 6) is -2.29. The minimum absolute atomic E-state index is 0.00943. The number of aliphatic hydroxyl groups is 2. The molecule has 0 fully saturated rings. The smallest absolute Gasteiger partial charge is 0.248 e. The largest absolute Gasteiger partial charge is 0.356 e. The lowest BCUT2D eigenvalue weighted by molar-refractivity contribution is -0.163. The van der Waals surface area contributed by atoms with Crippen LogP contribution >= 0.6 is 15.9 Å². The molecule has 0 aliphatic heterocycles. The second-order valence-electron chi connectivity index (χ2n) is 3.96. The van der Waals surface area contributed by atoms with Gasteiger partial charge in [-0.25, -0.2) is 0 Å². The second kappa shape index (κ2) is 6.84. The van der Waals surface area contributed by atoms with E-state index in [0.29, 0.717) is 24.7 Å². The van der Waals surface area contributed by atoms with E-state index in [1.807, 2.05) is 0 Å². The number of nitrogens with two attached hydrogens (primary N) is 1. The first-order valence-corrected chi connectivity index (χ1v) is 6.71. The van der Waals surface area contributed by atoms with Crippen molar-refractivity contribution < 1.29 is 15.0 Å². The van der Waals surface area contributed by atoms with Crippen LogP contribution in [0.4, 0.5) is 0 Å². The fourth-order valence-corrected chi connectivity index (χ4v) is 1.80. The van der Waals surface area contributed by atoms with Crippen LogP contribution in [0.2, 0.25) is 0 Å². The summed E-state index contributed by atoms with van der Waals surface area (Å²) in [4.78, 5) is 11.2. The first kappa shape index (κ1) is 15.1. The predicted molar refractivity (Wildman–Crippen MR) is 71.9 cm³/mol. The summed E-state index contributed by atoms with van der Waals surface area (Å²) in [7, 11) is 0. The van der Waals surface area contributed by atoms with Crippen LogP contribution < -0.4 is 11.1 Å². The van der Waals surface area contributed by atoms with Crippen LogP contribution in [0.15, 0.2) is 24.3 Å². The Kier molecular flexibility index (Phi) is 5.74. The molecule has 0 bridgehead atoms. The summed E-state index contributed by atoms with van der Waals surface area (Å²) in [5, 5.41) is 21.8. The first-order chi connectivity index (χ1) is 8.43. The van der Waals surface area contributed by atoms with Crippen molar-refractivity contribution in [3.63, 3.8) is 0 Å². The van der Waals surface area contributed by atoms with Crippen molar-refractivity contribution in [2.45, 2.75) is 18.8 Å². The molecular weight excluding hydrogens is 300 g/mol. The molecule has 18 heavy (non-hydrogen) atoms. The van der Waals surface area contributed by atoms with Gasteiger partial charge in [-0.2, -0.15) is 0 Å². The number of amides is 1. The summed E-state index contributed by atoms with van der Waals surface area (Å²) < 4.78 is 0. The van der Waals surface area contributed by atoms with Crippen LogP contribution in [0.25, 0.3) is 0 Å². The number of halogens is 1. The van der Waals surface area contributed by atoms with Crippen molar-refractivity contribution in [3.05, 3.63) is 35.4 Å². The van der Waals surface area contributed by atoms with Crippen molar-refractivity contribution in [2.24, 2.45) is 5.73 Å². The highest BCUT2D eigenvalue weighted by molar-refractivity contribution is 9.09. The van der Waals surface area contributed by atoms with Crippen molar-refractivity contribution in [1.82, 2.24) is 5.32 Å². The topological polar surface area (TPSA) is 95.6 Å². The van der Waals surface area contributed by atoms with E-state index in [2.05, 4.69) is 21.2 Å². The van der Waals surface area contributed by atoms with Crippen molar-refractivity contribution in [2.75, 3.05) is 11.9 Å². The molecule has 1 rings (SSSR count). The molecule has 1 amide bonds. The first-order valence-electron chi connectivity index (χ1n) is 5.59. The average molecular weight is 317 g/mol. The summed E-state index contributed by atoms with van der Waals surface area (Å²) in [5.41, 5.74) is 6.35. The summed E-state index contributed by atoms with van der Waals surface area (Å²) >= 11 is 3.19. The zero-order chi connectivity index (χ0) is 13.6. The van der Waals surface area contributed by atoms with Gasteiger partial charge in [0.05, 0.1) is 0 Å². The van der Waals surface area contributed by atoms with E-state index in [-0.39, 0.29) is 11.5 Å². The van der Waals surface area contributed by atoms with Gasteiger partial charge in [0.1, 0.15) is 0 Å². The molecule has 0 aromatic heterocycles. The van der Waals surface area contributed by atoms with E-state index in [1.54, 1.807) is 24.3 Å². The average Bonchev–Trinajstić information content (AvgIpc) is 2.29. The van der Waals surface area contributed by atoms with E-state index in [9.17, 15) is 4.79 Å². The number of rotatable bonds is 6. The van der Waals surface area contributed by atoms with Gasteiger partial charge in [0, 0.05) is 23.9 Å². The Morgan fingerprint density at radius 1 is 1.33 bits per heavy atom. The lowest BCUT2D eigenvalue weighted by Gasteiger charge is -2.16. The predicted octanol–water partition coefficient (Wildman–Crippen LogP) is 0.184. The molecule has 0 spiro atoms. The van der Waals surface area contributed by atoms with Gasteiger partial charge < -0.3 is 15.5 Å². The number of hydrogen-bond donors (Lipinski definition) is 4. The SMILES string of the molecule is NC(O)(O)c1ccc(CCNC(=O)CCBr)cc1. The van der Waals surface area contributed by atoms with E-state index < -0.39 is 5.91 Å². The third-order valence-corrected chi connectivity index (χ3v) is 2.83. The normalized spacial score (nSPS) is 11.3. The fourth-order valence-electron chi connectivity index (χ4n) is 1.44. The number of benzene rings is 1. The summed E-state index contributed by atoms with van der Waals surface area (Å²) in [6.45, 7) is 0.553. The molecular formula is C12H17BrN2O3. The third-order valence-electron chi connectivity index (χ3n) is 2.44. The monoisotopic (exact) mass is 316 g/mol. The summed E-state index contributed by atoms with van der Waals surface area (Å²) in [6, 6.07) is 6.60. The second-order valence-corrected chi connectivity index (χ2v) is 4.76. The standard InChI is InChI=1S/C12H17BrN2O3/c13-7-5-11(16)15-8-6-9-1-3-10(4-2-9)12(14,17)18/h1-4,17-18H,5-8,14H2,(H,15,16). The number of carbonyl (C=O) groups is 1. The van der Waals surface area contributed by atoms with Gasteiger partial charge in [-0.15, -0.1) is 0 Å². The highest BCUT2D eigenvalue weighted by Crippen LogP contribution is 2.13. The van der Waals surface area contributed by atoms with Gasteiger partial charge >= 0.3 is 0 Å². The Balaban J connectivity index is 2.42. The Morgan fingerprint density at radius 3 is 2.44 bits per heavy atom. The Morgan fingerprint density at radius 2 is 1.94 bits per heavy atom. The van der Waals surface area contributed by atoms with E-state index >= 15 is 0 Å². The van der Waals surface area contributed by atoms with Crippen LogP contribution in [-0.4, -0.2) is 28.0 Å². The van der Waals surface area contributed by atoms with Gasteiger partial charge in [-0.1, -0.05) is 40.2 Å². The number of carbonyl (C=O) groups excluding carboxylic acids is 1. The van der Waals surface area contributed by atoms with Gasteiger partial charge in [0.15, 0.2) is 0 Å². The molecule has 6 heteroatoms.